The Labute approximate surface area is 187 Å². The van der Waals surface area contributed by atoms with Gasteiger partial charge in [0.05, 0.1) is 5.92 Å². The third kappa shape index (κ3) is 3.71. The number of rotatable bonds is 10. The number of aryl methyl sites for hydroxylation is 1. The predicted molar refractivity (Wildman–Crippen MR) is 117 cm³/mol. The lowest BCUT2D eigenvalue weighted by Crippen LogP contribution is -2.13. The first-order chi connectivity index (χ1) is 15.4. The Balaban J connectivity index is 1.10. The molecule has 1 aromatic heterocycles. The van der Waals surface area contributed by atoms with Crippen LogP contribution in [0.2, 0.25) is 0 Å². The average Bonchev–Trinajstić information content (AvgIpc) is 3.72. The summed E-state index contributed by atoms with van der Waals surface area (Å²) in [7, 11) is 0. The Morgan fingerprint density at radius 2 is 1.69 bits per heavy atom. The molecule has 5 rings (SSSR count). The quantitative estimate of drug-likeness (QED) is 0.244. The van der Waals surface area contributed by atoms with Crippen LogP contribution in [0.4, 0.5) is 8.78 Å². The molecule has 3 saturated carbocycles. The summed E-state index contributed by atoms with van der Waals surface area (Å²) in [5.41, 5.74) is 0.634. The molecule has 0 bridgehead atoms. The summed E-state index contributed by atoms with van der Waals surface area (Å²) < 4.78 is 32.6. The van der Waals surface area contributed by atoms with Crippen molar-refractivity contribution in [3.63, 3.8) is 0 Å². The monoisotopic (exact) mass is 440 g/mol. The normalized spacial score (nSPS) is 28.7. The van der Waals surface area contributed by atoms with E-state index in [1.54, 1.807) is 12.1 Å². The van der Waals surface area contributed by atoms with Gasteiger partial charge >= 0.3 is 5.97 Å². The number of aromatic nitrogens is 2. The molecule has 4 nitrogen and oxygen atoms in total. The Kier molecular flexibility index (Phi) is 5.30. The first kappa shape index (κ1) is 21.5. The second-order valence-electron chi connectivity index (χ2n) is 9.93. The van der Waals surface area contributed by atoms with Crippen LogP contribution < -0.4 is 4.74 Å². The van der Waals surface area contributed by atoms with Crippen molar-refractivity contribution in [3.8, 4) is 17.1 Å². The molecule has 0 unspecified atom stereocenters. The topological polar surface area (TPSA) is 52.1 Å². The summed E-state index contributed by atoms with van der Waals surface area (Å²) in [5, 5.41) is 0. The van der Waals surface area contributed by atoms with Gasteiger partial charge in [0.1, 0.15) is 5.75 Å². The Bertz CT molecular complexity index is 992. The Morgan fingerprint density at radius 1 is 1.03 bits per heavy atom. The van der Waals surface area contributed by atoms with Crippen LogP contribution in [0.3, 0.4) is 0 Å². The molecule has 3 fully saturated rings. The highest BCUT2D eigenvalue weighted by Gasteiger charge is 2.97. The fraction of sp³-hybridized carbons (Fsp3) is 0.577. The van der Waals surface area contributed by atoms with Crippen molar-refractivity contribution in [2.45, 2.75) is 77.1 Å². The maximum Gasteiger partial charge on any atom is 0.314 e. The van der Waals surface area contributed by atoms with Gasteiger partial charge in [-0.2, -0.15) is 0 Å². The second kappa shape index (κ2) is 7.89. The maximum absolute atomic E-state index is 13.6. The van der Waals surface area contributed by atoms with Gasteiger partial charge in [0.25, 0.3) is 5.92 Å². The zero-order valence-corrected chi connectivity index (χ0v) is 18.6. The van der Waals surface area contributed by atoms with Crippen LogP contribution in [0.5, 0.6) is 5.75 Å². The average molecular weight is 441 g/mol. The number of carbonyl (C=O) groups excluding carboxylic acids is 1. The molecule has 1 aromatic carbocycles. The SMILES string of the molecule is CCCCCCCCc1cnc(-c2ccc(OC(=O)[C@@H]3C[C@]34C[C@@]43CC3(F)F)cc2)nc1. The number of fused-ring (bicyclic) bond motifs is 1. The fourth-order valence-electron chi connectivity index (χ4n) is 5.50. The molecule has 3 atom stereocenters. The minimum absolute atomic E-state index is 0.0593. The standard InChI is InChI=1S/C26H30F2N2O2/c1-2-3-4-5-6-7-8-18-14-29-22(30-15-18)19-9-11-20(12-10-19)32-23(31)21-13-24(21)16-25(24)17-26(25,27)28/h9-12,14-15,21H,2-8,13,16-17H2,1H3/t21-,24-,25+/m0/s1. The Morgan fingerprint density at radius 3 is 2.31 bits per heavy atom. The van der Waals surface area contributed by atoms with Gasteiger partial charge in [0, 0.05) is 29.8 Å². The van der Waals surface area contributed by atoms with Crippen molar-refractivity contribution in [1.82, 2.24) is 9.97 Å². The lowest BCUT2D eigenvalue weighted by atomic mass is 10.1. The van der Waals surface area contributed by atoms with Crippen LogP contribution in [0.15, 0.2) is 36.7 Å². The minimum Gasteiger partial charge on any atom is -0.426 e. The molecule has 2 spiro atoms. The molecule has 0 radical (unpaired) electrons. The lowest BCUT2D eigenvalue weighted by molar-refractivity contribution is -0.136. The molecule has 0 N–H and O–H groups in total. The van der Waals surface area contributed by atoms with Crippen molar-refractivity contribution >= 4 is 5.97 Å². The van der Waals surface area contributed by atoms with Crippen LogP contribution in [0.1, 0.15) is 70.3 Å². The molecule has 3 aliphatic carbocycles. The number of esters is 1. The predicted octanol–water partition coefficient (Wildman–Crippen LogP) is 6.39. The zero-order chi connectivity index (χ0) is 22.4. The second-order valence-corrected chi connectivity index (χ2v) is 9.93. The van der Waals surface area contributed by atoms with Gasteiger partial charge in [-0.1, -0.05) is 39.0 Å². The van der Waals surface area contributed by atoms with Crippen molar-refractivity contribution in [1.29, 1.82) is 0 Å². The zero-order valence-electron chi connectivity index (χ0n) is 18.6. The number of nitrogens with zero attached hydrogens (tertiary/aromatic N) is 2. The highest BCUT2D eigenvalue weighted by Crippen LogP contribution is 2.95. The molecule has 1 heterocycles. The molecule has 32 heavy (non-hydrogen) atoms. The summed E-state index contributed by atoms with van der Waals surface area (Å²) in [6, 6.07) is 7.07. The van der Waals surface area contributed by atoms with Crippen molar-refractivity contribution in [2.75, 3.05) is 0 Å². The van der Waals surface area contributed by atoms with E-state index in [4.69, 9.17) is 4.74 Å². The number of carbonyl (C=O) groups is 1. The number of alkyl halides is 2. The van der Waals surface area contributed by atoms with E-state index in [9.17, 15) is 13.6 Å². The molecule has 0 saturated heterocycles. The van der Waals surface area contributed by atoms with Gasteiger partial charge in [-0.3, -0.25) is 4.79 Å². The molecule has 0 amide bonds. The number of hydrogen-bond donors (Lipinski definition) is 0. The third-order valence-electron chi connectivity index (χ3n) is 7.76. The molecule has 6 heteroatoms. The molecule has 2 aromatic rings. The molecular formula is C26H30F2N2O2. The van der Waals surface area contributed by atoms with Crippen molar-refractivity contribution in [3.05, 3.63) is 42.2 Å². The van der Waals surface area contributed by atoms with E-state index < -0.39 is 16.8 Å². The smallest absolute Gasteiger partial charge is 0.314 e. The molecule has 0 aliphatic heterocycles. The number of unbranched alkanes of at least 4 members (excludes halogenated alkanes) is 5. The first-order valence-electron chi connectivity index (χ1n) is 11.9. The molecule has 3 aliphatic rings. The molecule has 170 valence electrons. The number of ether oxygens (including phenoxy) is 1. The highest BCUT2D eigenvalue weighted by molar-refractivity contribution is 5.81. The largest absolute Gasteiger partial charge is 0.426 e. The van der Waals surface area contributed by atoms with E-state index in [-0.39, 0.29) is 18.3 Å². The third-order valence-corrected chi connectivity index (χ3v) is 7.76. The summed E-state index contributed by atoms with van der Waals surface area (Å²) in [6.45, 7) is 2.23. The van der Waals surface area contributed by atoms with Gasteiger partial charge < -0.3 is 4.74 Å². The fourth-order valence-corrected chi connectivity index (χ4v) is 5.50. The van der Waals surface area contributed by atoms with Crippen molar-refractivity contribution in [2.24, 2.45) is 16.7 Å². The maximum atomic E-state index is 13.6. The summed E-state index contributed by atoms with van der Waals surface area (Å²) in [6.07, 6.45) is 13.3. The Hall–Kier alpha value is -2.37. The van der Waals surface area contributed by atoms with E-state index in [0.717, 1.165) is 24.0 Å². The lowest BCUT2D eigenvalue weighted by Gasteiger charge is -2.06. The summed E-state index contributed by atoms with van der Waals surface area (Å²) in [5.74, 6) is -2.27. The molecular weight excluding hydrogens is 410 g/mol. The van der Waals surface area contributed by atoms with Crippen molar-refractivity contribution < 1.29 is 18.3 Å². The van der Waals surface area contributed by atoms with Crippen LogP contribution in [0.25, 0.3) is 11.4 Å². The van der Waals surface area contributed by atoms with E-state index in [1.165, 1.54) is 32.1 Å². The van der Waals surface area contributed by atoms with Crippen LogP contribution in [-0.4, -0.2) is 21.9 Å². The van der Waals surface area contributed by atoms with Gasteiger partial charge in [-0.05, 0) is 60.9 Å². The number of hydrogen-bond acceptors (Lipinski definition) is 4. The van der Waals surface area contributed by atoms with E-state index in [1.807, 2.05) is 24.5 Å². The van der Waals surface area contributed by atoms with E-state index in [0.29, 0.717) is 24.4 Å². The minimum atomic E-state index is -2.58. The summed E-state index contributed by atoms with van der Waals surface area (Å²) >= 11 is 0. The number of halogens is 2. The summed E-state index contributed by atoms with van der Waals surface area (Å²) in [4.78, 5) is 21.4. The highest BCUT2D eigenvalue weighted by atomic mass is 19.3. The van der Waals surface area contributed by atoms with Crippen LogP contribution in [-0.2, 0) is 11.2 Å². The van der Waals surface area contributed by atoms with Gasteiger partial charge in [0.2, 0.25) is 0 Å². The van der Waals surface area contributed by atoms with Gasteiger partial charge in [-0.15, -0.1) is 0 Å². The first-order valence-corrected chi connectivity index (χ1v) is 11.9. The number of benzene rings is 1. The van der Waals surface area contributed by atoms with Crippen LogP contribution in [0, 0.1) is 16.7 Å². The van der Waals surface area contributed by atoms with Crippen LogP contribution >= 0.6 is 0 Å². The van der Waals surface area contributed by atoms with Gasteiger partial charge in [-0.25, -0.2) is 18.7 Å². The van der Waals surface area contributed by atoms with Gasteiger partial charge in [0.15, 0.2) is 5.82 Å². The van der Waals surface area contributed by atoms with E-state index >= 15 is 0 Å². The van der Waals surface area contributed by atoms with E-state index in [2.05, 4.69) is 16.9 Å².